The molecule has 0 bridgehead atoms. The Morgan fingerprint density at radius 2 is 1.18 bits per heavy atom. The topological polar surface area (TPSA) is 57.0 Å². The Labute approximate surface area is 221 Å². The van der Waals surface area contributed by atoms with Crippen LogP contribution in [-0.4, -0.2) is 14.5 Å². The Hall–Kier alpha value is -5.42. The third-order valence-electron chi connectivity index (χ3n) is 7.63. The zero-order valence-corrected chi connectivity index (χ0v) is 20.6. The maximum Gasteiger partial charge on any atom is 0.233 e. The highest BCUT2D eigenvalue weighted by molar-refractivity contribution is 6.18. The van der Waals surface area contributed by atoms with Crippen molar-refractivity contribution in [2.75, 3.05) is 0 Å². The van der Waals surface area contributed by atoms with E-state index in [0.717, 1.165) is 71.5 Å². The summed E-state index contributed by atoms with van der Waals surface area (Å²) in [4.78, 5) is 10.1. The van der Waals surface area contributed by atoms with Gasteiger partial charge in [0, 0.05) is 32.5 Å². The standard InChI is InChI=1S/C34H19N3O2/c1-2-10-20(11-3-1)32-35-33(31-23-14-6-9-17-29(23)39-34(31)36-32)37-26-15-7-4-12-21(26)24-19-30-25(18-27(24)37)22-13-5-8-16-28(22)38-30/h1-19H. The van der Waals surface area contributed by atoms with Gasteiger partial charge in [-0.15, -0.1) is 0 Å². The lowest BCUT2D eigenvalue weighted by atomic mass is 10.1. The predicted molar refractivity (Wildman–Crippen MR) is 156 cm³/mol. The Balaban J connectivity index is 1.49. The number of benzene rings is 5. The number of aromatic nitrogens is 3. The second-order valence-electron chi connectivity index (χ2n) is 9.83. The van der Waals surface area contributed by atoms with Crippen molar-refractivity contribution in [2.45, 2.75) is 0 Å². The van der Waals surface area contributed by atoms with Crippen LogP contribution in [0.15, 0.2) is 124 Å². The molecule has 0 radical (unpaired) electrons. The SMILES string of the molecule is c1ccc(-c2nc(-n3c4ccccc4c4cc5oc6ccccc6c5cc43)c3c(n2)oc2ccccc23)cc1. The molecule has 5 aromatic carbocycles. The van der Waals surface area contributed by atoms with Crippen LogP contribution in [0.4, 0.5) is 0 Å². The van der Waals surface area contributed by atoms with Crippen molar-refractivity contribution in [2.24, 2.45) is 0 Å². The fourth-order valence-corrected chi connectivity index (χ4v) is 5.90. The zero-order chi connectivity index (χ0) is 25.5. The molecular weight excluding hydrogens is 482 g/mol. The van der Waals surface area contributed by atoms with Crippen molar-refractivity contribution in [3.05, 3.63) is 115 Å². The molecule has 0 N–H and O–H groups in total. The van der Waals surface area contributed by atoms with Crippen LogP contribution < -0.4 is 0 Å². The molecule has 0 aliphatic rings. The molecule has 0 fully saturated rings. The number of para-hydroxylation sites is 3. The Bertz CT molecular complexity index is 2390. The van der Waals surface area contributed by atoms with Crippen LogP contribution in [0.3, 0.4) is 0 Å². The summed E-state index contributed by atoms with van der Waals surface area (Å²) in [5.74, 6) is 1.42. The van der Waals surface area contributed by atoms with Crippen LogP contribution in [0.5, 0.6) is 0 Å². The van der Waals surface area contributed by atoms with E-state index in [2.05, 4.69) is 59.2 Å². The smallest absolute Gasteiger partial charge is 0.233 e. The third-order valence-corrected chi connectivity index (χ3v) is 7.63. The lowest BCUT2D eigenvalue weighted by Gasteiger charge is -2.10. The summed E-state index contributed by atoms with van der Waals surface area (Å²) in [6, 6.07) is 39.2. The lowest BCUT2D eigenvalue weighted by molar-refractivity contribution is 0.653. The van der Waals surface area contributed by atoms with Gasteiger partial charge >= 0.3 is 0 Å². The molecule has 0 saturated heterocycles. The molecule has 0 aliphatic heterocycles. The Morgan fingerprint density at radius 3 is 2.03 bits per heavy atom. The van der Waals surface area contributed by atoms with Gasteiger partial charge in [-0.2, -0.15) is 4.98 Å². The highest BCUT2D eigenvalue weighted by Crippen LogP contribution is 2.41. The van der Waals surface area contributed by atoms with Gasteiger partial charge in [0.05, 0.1) is 16.4 Å². The van der Waals surface area contributed by atoms with Crippen molar-refractivity contribution >= 4 is 65.8 Å². The van der Waals surface area contributed by atoms with Crippen molar-refractivity contribution in [3.8, 4) is 17.2 Å². The predicted octanol–water partition coefficient (Wildman–Crippen LogP) is 9.04. The minimum Gasteiger partial charge on any atom is -0.456 e. The fourth-order valence-electron chi connectivity index (χ4n) is 5.90. The minimum absolute atomic E-state index is 0.570. The highest BCUT2D eigenvalue weighted by atomic mass is 16.3. The van der Waals surface area contributed by atoms with Gasteiger partial charge in [0.1, 0.15) is 16.7 Å². The van der Waals surface area contributed by atoms with Crippen molar-refractivity contribution < 1.29 is 8.83 Å². The first kappa shape index (κ1) is 20.6. The summed E-state index contributed by atoms with van der Waals surface area (Å²) in [6.45, 7) is 0. The number of hydrogen-bond donors (Lipinski definition) is 0. The first-order valence-corrected chi connectivity index (χ1v) is 12.9. The summed E-state index contributed by atoms with van der Waals surface area (Å²) in [7, 11) is 0. The van der Waals surface area contributed by atoms with E-state index in [9.17, 15) is 0 Å². The number of hydrogen-bond acceptors (Lipinski definition) is 4. The number of nitrogens with zero attached hydrogens (tertiary/aromatic N) is 3. The van der Waals surface area contributed by atoms with Gasteiger partial charge in [-0.05, 0) is 30.3 Å². The number of furan rings is 2. The molecule has 0 saturated carbocycles. The van der Waals surface area contributed by atoms with Gasteiger partial charge in [-0.3, -0.25) is 4.57 Å². The van der Waals surface area contributed by atoms with E-state index >= 15 is 0 Å². The number of rotatable bonds is 2. The average molecular weight is 502 g/mol. The molecule has 9 aromatic rings. The third kappa shape index (κ3) is 2.84. The van der Waals surface area contributed by atoms with E-state index in [1.54, 1.807) is 0 Å². The van der Waals surface area contributed by atoms with E-state index in [1.807, 2.05) is 60.7 Å². The largest absolute Gasteiger partial charge is 0.456 e. The van der Waals surface area contributed by atoms with E-state index < -0.39 is 0 Å². The molecule has 4 aromatic heterocycles. The Kier molecular flexibility index (Phi) is 3.99. The molecule has 4 heterocycles. The van der Waals surface area contributed by atoms with E-state index in [1.165, 1.54) is 0 Å². The van der Waals surface area contributed by atoms with Crippen molar-refractivity contribution in [3.63, 3.8) is 0 Å². The van der Waals surface area contributed by atoms with Crippen LogP contribution in [0.2, 0.25) is 0 Å². The first-order chi connectivity index (χ1) is 19.3. The molecule has 5 nitrogen and oxygen atoms in total. The first-order valence-electron chi connectivity index (χ1n) is 12.9. The molecule has 5 heteroatoms. The maximum absolute atomic E-state index is 6.31. The van der Waals surface area contributed by atoms with Gasteiger partial charge in [-0.1, -0.05) is 84.9 Å². The summed E-state index contributed by atoms with van der Waals surface area (Å²) in [6.07, 6.45) is 0. The monoisotopic (exact) mass is 501 g/mol. The molecule has 0 spiro atoms. The van der Waals surface area contributed by atoms with Crippen molar-refractivity contribution in [1.82, 2.24) is 14.5 Å². The molecule has 0 unspecified atom stereocenters. The second kappa shape index (κ2) is 7.55. The van der Waals surface area contributed by atoms with Gasteiger partial charge < -0.3 is 8.83 Å². The summed E-state index contributed by atoms with van der Waals surface area (Å²) >= 11 is 0. The molecule has 182 valence electrons. The zero-order valence-electron chi connectivity index (χ0n) is 20.6. The van der Waals surface area contributed by atoms with Gasteiger partial charge in [0.25, 0.3) is 0 Å². The Morgan fingerprint density at radius 1 is 0.487 bits per heavy atom. The molecule has 0 aliphatic carbocycles. The highest BCUT2D eigenvalue weighted by Gasteiger charge is 2.22. The normalized spacial score (nSPS) is 12.1. The van der Waals surface area contributed by atoms with E-state index in [0.29, 0.717) is 11.5 Å². The van der Waals surface area contributed by atoms with Crippen LogP contribution in [0.1, 0.15) is 0 Å². The number of fused-ring (bicyclic) bond motifs is 9. The van der Waals surface area contributed by atoms with E-state index in [-0.39, 0.29) is 0 Å². The molecular formula is C34H19N3O2. The maximum atomic E-state index is 6.31. The lowest BCUT2D eigenvalue weighted by Crippen LogP contribution is -2.01. The molecule has 39 heavy (non-hydrogen) atoms. The molecule has 9 rings (SSSR count). The minimum atomic E-state index is 0.570. The van der Waals surface area contributed by atoms with Gasteiger partial charge in [0.15, 0.2) is 11.6 Å². The van der Waals surface area contributed by atoms with Crippen LogP contribution >= 0.6 is 0 Å². The molecule has 0 amide bonds. The van der Waals surface area contributed by atoms with Crippen molar-refractivity contribution in [1.29, 1.82) is 0 Å². The van der Waals surface area contributed by atoms with Gasteiger partial charge in [0.2, 0.25) is 5.71 Å². The van der Waals surface area contributed by atoms with E-state index in [4.69, 9.17) is 18.8 Å². The summed E-state index contributed by atoms with van der Waals surface area (Å²) in [5, 5.41) is 6.30. The average Bonchev–Trinajstić information content (AvgIpc) is 3.65. The molecule has 0 atom stereocenters. The van der Waals surface area contributed by atoms with Crippen LogP contribution in [0.25, 0.3) is 83.0 Å². The summed E-state index contributed by atoms with van der Waals surface area (Å²) in [5.41, 5.74) is 6.17. The van der Waals surface area contributed by atoms with Gasteiger partial charge in [-0.25, -0.2) is 4.98 Å². The fraction of sp³-hybridized carbons (Fsp3) is 0. The second-order valence-corrected chi connectivity index (χ2v) is 9.83. The van der Waals surface area contributed by atoms with Crippen LogP contribution in [0, 0.1) is 0 Å². The summed E-state index contributed by atoms with van der Waals surface area (Å²) < 4.78 is 14.8. The van der Waals surface area contributed by atoms with Crippen LogP contribution in [-0.2, 0) is 0 Å². The quantitative estimate of drug-likeness (QED) is 0.237.